The van der Waals surface area contributed by atoms with Crippen LogP contribution in [0.2, 0.25) is 0 Å². The van der Waals surface area contributed by atoms with Crippen molar-refractivity contribution in [2.75, 3.05) is 10.2 Å². The Kier molecular flexibility index (Phi) is 7.32. The van der Waals surface area contributed by atoms with Gasteiger partial charge in [0.2, 0.25) is 0 Å². The summed E-state index contributed by atoms with van der Waals surface area (Å²) in [6, 6.07) is 50.5. The molecule has 0 atom stereocenters. The average molecular weight is 653 g/mol. The Morgan fingerprint density at radius 3 is 2.31 bits per heavy atom. The molecule has 0 aliphatic rings. The molecule has 0 aliphatic heterocycles. The Morgan fingerprint density at radius 1 is 0.612 bits per heavy atom. The summed E-state index contributed by atoms with van der Waals surface area (Å²) in [5.74, 6) is 0. The van der Waals surface area contributed by atoms with Crippen LogP contribution in [0, 0.1) is 6.92 Å². The number of thiophene rings is 1. The average Bonchev–Trinajstić information content (AvgIpc) is 3.69. The third-order valence-corrected chi connectivity index (χ3v) is 10.8. The van der Waals surface area contributed by atoms with Crippen LogP contribution in [0.4, 0.5) is 28.4 Å². The summed E-state index contributed by atoms with van der Waals surface area (Å²) >= 11 is 1.87. The van der Waals surface area contributed by atoms with Crippen molar-refractivity contribution in [3.63, 3.8) is 0 Å². The Labute approximate surface area is 290 Å². The van der Waals surface area contributed by atoms with Crippen molar-refractivity contribution in [1.82, 2.24) is 0 Å². The largest absolute Gasteiger partial charge is 0.456 e. The zero-order chi connectivity index (χ0) is 32.9. The van der Waals surface area contributed by atoms with E-state index in [9.17, 15) is 0 Å². The van der Waals surface area contributed by atoms with Gasteiger partial charge in [-0.1, -0.05) is 67.9 Å². The topological polar surface area (TPSA) is 28.4 Å². The van der Waals surface area contributed by atoms with Gasteiger partial charge in [-0.2, -0.15) is 0 Å². The molecule has 0 spiro atoms. The van der Waals surface area contributed by atoms with Gasteiger partial charge in [0, 0.05) is 65.4 Å². The van der Waals surface area contributed by atoms with Crippen LogP contribution in [-0.2, 0) is 6.42 Å². The number of fused-ring (bicyclic) bond motifs is 8. The fourth-order valence-corrected chi connectivity index (χ4v) is 8.37. The molecule has 49 heavy (non-hydrogen) atoms. The van der Waals surface area contributed by atoms with E-state index in [1.807, 2.05) is 11.3 Å². The van der Waals surface area contributed by atoms with Gasteiger partial charge in [-0.3, -0.25) is 0 Å². The van der Waals surface area contributed by atoms with Crippen molar-refractivity contribution < 1.29 is 4.42 Å². The van der Waals surface area contributed by atoms with Crippen LogP contribution in [-0.4, -0.2) is 0 Å². The first-order valence-electron chi connectivity index (χ1n) is 17.1. The summed E-state index contributed by atoms with van der Waals surface area (Å²) in [4.78, 5) is 2.38. The maximum atomic E-state index is 6.29. The quantitative estimate of drug-likeness (QED) is 0.177. The number of anilines is 5. The minimum absolute atomic E-state index is 0.903. The van der Waals surface area contributed by atoms with Crippen molar-refractivity contribution in [2.45, 2.75) is 33.1 Å². The highest BCUT2D eigenvalue weighted by Crippen LogP contribution is 2.44. The van der Waals surface area contributed by atoms with E-state index in [-0.39, 0.29) is 0 Å². The number of nitrogens with zero attached hydrogens (tertiary/aromatic N) is 1. The van der Waals surface area contributed by atoms with Crippen molar-refractivity contribution in [3.05, 3.63) is 151 Å². The molecule has 2 aromatic heterocycles. The Balaban J connectivity index is 1.08. The molecule has 0 saturated carbocycles. The molecule has 0 unspecified atom stereocenters. The van der Waals surface area contributed by atoms with E-state index >= 15 is 0 Å². The number of para-hydroxylation sites is 1. The normalized spacial score (nSPS) is 11.7. The number of aryl methyl sites for hydroxylation is 2. The van der Waals surface area contributed by atoms with Gasteiger partial charge in [0.05, 0.1) is 0 Å². The second-order valence-electron chi connectivity index (χ2n) is 13.0. The van der Waals surface area contributed by atoms with E-state index in [1.54, 1.807) is 0 Å². The van der Waals surface area contributed by atoms with E-state index in [0.717, 1.165) is 51.4 Å². The zero-order valence-corrected chi connectivity index (χ0v) is 28.5. The molecule has 2 heterocycles. The van der Waals surface area contributed by atoms with Crippen LogP contribution in [0.25, 0.3) is 52.9 Å². The molecule has 0 saturated heterocycles. The van der Waals surface area contributed by atoms with Gasteiger partial charge in [-0.25, -0.2) is 0 Å². The van der Waals surface area contributed by atoms with Crippen molar-refractivity contribution in [3.8, 4) is 0 Å². The SMILES string of the molecule is CCCCc1ccc2oc3cc(Nc4ccc(N(c5ccccc5)c5ccc6sc7ccc8ccccc8c7c6c5)c(C)c4)ccc3c2c1. The molecular weight excluding hydrogens is 617 g/mol. The number of furan rings is 1. The number of unbranched alkanes of at least 4 members (excludes halogenated alkanes) is 1. The van der Waals surface area contributed by atoms with Crippen LogP contribution in [0.15, 0.2) is 144 Å². The predicted octanol–water partition coefficient (Wildman–Crippen LogP) is 14.0. The lowest BCUT2D eigenvalue weighted by molar-refractivity contribution is 0.669. The van der Waals surface area contributed by atoms with Gasteiger partial charge in [-0.15, -0.1) is 11.3 Å². The maximum Gasteiger partial charge on any atom is 0.137 e. The number of nitrogens with one attached hydrogen (secondary N) is 1. The summed E-state index contributed by atoms with van der Waals surface area (Å²) in [6.07, 6.45) is 3.51. The van der Waals surface area contributed by atoms with Crippen LogP contribution in [0.3, 0.4) is 0 Å². The van der Waals surface area contributed by atoms with Gasteiger partial charge in [-0.05, 0) is 121 Å². The molecule has 3 nitrogen and oxygen atoms in total. The van der Waals surface area contributed by atoms with E-state index < -0.39 is 0 Å². The van der Waals surface area contributed by atoms with Crippen LogP contribution < -0.4 is 10.2 Å². The molecular formula is C45H36N2OS. The lowest BCUT2D eigenvalue weighted by Crippen LogP contribution is -2.11. The molecule has 238 valence electrons. The maximum absolute atomic E-state index is 6.29. The minimum Gasteiger partial charge on any atom is -0.456 e. The van der Waals surface area contributed by atoms with E-state index in [0.29, 0.717) is 0 Å². The number of hydrogen-bond acceptors (Lipinski definition) is 4. The summed E-state index contributed by atoms with van der Waals surface area (Å²) in [7, 11) is 0. The van der Waals surface area contributed by atoms with Crippen molar-refractivity contribution >= 4 is 92.7 Å². The Morgan fingerprint density at radius 2 is 1.43 bits per heavy atom. The number of hydrogen-bond donors (Lipinski definition) is 1. The van der Waals surface area contributed by atoms with E-state index in [1.165, 1.54) is 60.3 Å². The van der Waals surface area contributed by atoms with Gasteiger partial charge < -0.3 is 14.6 Å². The molecule has 0 radical (unpaired) electrons. The fraction of sp³-hybridized carbons (Fsp3) is 0.111. The predicted molar refractivity (Wildman–Crippen MR) is 212 cm³/mol. The lowest BCUT2D eigenvalue weighted by Gasteiger charge is -2.27. The second-order valence-corrected chi connectivity index (χ2v) is 14.1. The van der Waals surface area contributed by atoms with Crippen molar-refractivity contribution in [2.24, 2.45) is 0 Å². The standard InChI is InChI=1S/C45H36N2OS/c1-3-4-10-30-15-22-41-38(26-30)37-20-17-33(27-42(37)48-41)46-32-18-21-40(29(2)25-32)47(34-12-6-5-7-13-34)35-19-24-43-39(28-35)45-36-14-9-8-11-31(36)16-23-44(45)49-43/h5-9,11-28,46H,3-4,10H2,1-2H3. The molecule has 9 aromatic rings. The van der Waals surface area contributed by atoms with Crippen LogP contribution >= 0.6 is 11.3 Å². The fourth-order valence-electron chi connectivity index (χ4n) is 7.27. The first-order valence-corrected chi connectivity index (χ1v) is 18.0. The van der Waals surface area contributed by atoms with E-state index in [2.05, 4.69) is 164 Å². The summed E-state index contributed by atoms with van der Waals surface area (Å²) in [5.41, 5.74) is 9.86. The third-order valence-electron chi connectivity index (χ3n) is 9.70. The highest BCUT2D eigenvalue weighted by atomic mass is 32.1. The van der Waals surface area contributed by atoms with Gasteiger partial charge in [0.15, 0.2) is 0 Å². The molecule has 0 fully saturated rings. The number of benzene rings is 7. The first kappa shape index (κ1) is 29.6. The highest BCUT2D eigenvalue weighted by molar-refractivity contribution is 7.26. The molecule has 4 heteroatoms. The highest BCUT2D eigenvalue weighted by Gasteiger charge is 2.18. The van der Waals surface area contributed by atoms with Gasteiger partial charge in [0.25, 0.3) is 0 Å². The number of rotatable bonds is 8. The van der Waals surface area contributed by atoms with E-state index in [4.69, 9.17) is 4.42 Å². The molecule has 0 aliphatic carbocycles. The molecule has 1 N–H and O–H groups in total. The molecule has 0 bridgehead atoms. The summed E-state index contributed by atoms with van der Waals surface area (Å²) in [5, 5.41) is 11.2. The third kappa shape index (κ3) is 5.29. The molecule has 0 amide bonds. The molecule has 7 aromatic carbocycles. The zero-order valence-electron chi connectivity index (χ0n) is 27.7. The second kappa shape index (κ2) is 12.1. The van der Waals surface area contributed by atoms with Crippen molar-refractivity contribution in [1.29, 1.82) is 0 Å². The minimum atomic E-state index is 0.903. The smallest absolute Gasteiger partial charge is 0.137 e. The van der Waals surface area contributed by atoms with Crippen LogP contribution in [0.1, 0.15) is 30.9 Å². The monoisotopic (exact) mass is 652 g/mol. The summed E-state index contributed by atoms with van der Waals surface area (Å²) in [6.45, 7) is 4.43. The first-order chi connectivity index (χ1) is 24.1. The van der Waals surface area contributed by atoms with Gasteiger partial charge in [0.1, 0.15) is 11.2 Å². The summed E-state index contributed by atoms with van der Waals surface area (Å²) < 4.78 is 8.92. The Bertz CT molecular complexity index is 2650. The Hall–Kier alpha value is -5.58. The van der Waals surface area contributed by atoms with Gasteiger partial charge >= 0.3 is 0 Å². The molecule has 9 rings (SSSR count). The lowest BCUT2D eigenvalue weighted by atomic mass is 10.0. The van der Waals surface area contributed by atoms with Crippen LogP contribution in [0.5, 0.6) is 0 Å².